The number of hydrogen-bond donors (Lipinski definition) is 0. The van der Waals surface area contributed by atoms with Crippen LogP contribution in [0.4, 0.5) is 4.79 Å². The number of aromatic nitrogens is 1. The first-order valence-corrected chi connectivity index (χ1v) is 6.35. The molecule has 7 heteroatoms. The standard InChI is InChI=1S/C9H14NO5P/c1-13-16(12,14-2)8-7-15-9(11)10-5-3-4-6-10/h3-6H,7-8H2,1-2H3. The van der Waals surface area contributed by atoms with Gasteiger partial charge in [0, 0.05) is 26.6 Å². The molecule has 1 aromatic rings. The molecule has 90 valence electrons. The molecule has 0 aromatic carbocycles. The molecule has 0 aliphatic rings. The van der Waals surface area contributed by atoms with E-state index in [1.807, 2.05) is 0 Å². The van der Waals surface area contributed by atoms with E-state index in [0.717, 1.165) is 0 Å². The van der Waals surface area contributed by atoms with Gasteiger partial charge >= 0.3 is 13.7 Å². The molecule has 0 aliphatic heterocycles. The zero-order valence-corrected chi connectivity index (χ0v) is 10.1. The van der Waals surface area contributed by atoms with Crippen LogP contribution in [-0.2, 0) is 18.3 Å². The number of nitrogens with zero attached hydrogens (tertiary/aromatic N) is 1. The first-order chi connectivity index (χ1) is 7.61. The molecule has 6 nitrogen and oxygen atoms in total. The van der Waals surface area contributed by atoms with Crippen LogP contribution >= 0.6 is 7.60 Å². The van der Waals surface area contributed by atoms with Gasteiger partial charge in [-0.05, 0) is 12.1 Å². The molecule has 1 rings (SSSR count). The molecule has 0 aliphatic carbocycles. The lowest BCUT2D eigenvalue weighted by Crippen LogP contribution is -2.14. The van der Waals surface area contributed by atoms with Crippen molar-refractivity contribution in [2.45, 2.75) is 0 Å². The lowest BCUT2D eigenvalue weighted by Gasteiger charge is -2.13. The Hall–Kier alpha value is -1.10. The smallest absolute Gasteiger partial charge is 0.417 e. The topological polar surface area (TPSA) is 66.8 Å². The van der Waals surface area contributed by atoms with Crippen LogP contribution in [-0.4, -0.2) is 37.6 Å². The van der Waals surface area contributed by atoms with Gasteiger partial charge in [-0.25, -0.2) is 4.79 Å². The predicted molar refractivity (Wildman–Crippen MR) is 57.7 cm³/mol. The first kappa shape index (κ1) is 13.0. The van der Waals surface area contributed by atoms with Gasteiger partial charge in [0.2, 0.25) is 0 Å². The third-order valence-electron chi connectivity index (χ3n) is 1.96. The van der Waals surface area contributed by atoms with E-state index in [4.69, 9.17) is 13.8 Å². The molecule has 0 amide bonds. The van der Waals surface area contributed by atoms with Crippen LogP contribution in [0.1, 0.15) is 0 Å². The van der Waals surface area contributed by atoms with Crippen molar-refractivity contribution in [2.75, 3.05) is 27.0 Å². The van der Waals surface area contributed by atoms with Gasteiger partial charge in [-0.2, -0.15) is 0 Å². The molecule has 0 saturated heterocycles. The number of hydrogen-bond acceptors (Lipinski definition) is 5. The minimum absolute atomic E-state index is 0.0179. The minimum atomic E-state index is -3.10. The van der Waals surface area contributed by atoms with E-state index >= 15 is 0 Å². The summed E-state index contributed by atoms with van der Waals surface area (Å²) >= 11 is 0. The van der Waals surface area contributed by atoms with E-state index in [2.05, 4.69) is 0 Å². The average Bonchev–Trinajstić information content (AvgIpc) is 2.82. The zero-order chi connectivity index (χ0) is 12.0. The maximum Gasteiger partial charge on any atom is 0.417 e. The van der Waals surface area contributed by atoms with Crippen molar-refractivity contribution in [2.24, 2.45) is 0 Å². The summed E-state index contributed by atoms with van der Waals surface area (Å²) in [6.45, 7) is -0.0179. The minimum Gasteiger partial charge on any atom is -0.448 e. The van der Waals surface area contributed by atoms with E-state index in [9.17, 15) is 9.36 Å². The van der Waals surface area contributed by atoms with E-state index in [1.54, 1.807) is 24.5 Å². The molecule has 16 heavy (non-hydrogen) atoms. The highest BCUT2D eigenvalue weighted by Gasteiger charge is 2.21. The van der Waals surface area contributed by atoms with Gasteiger partial charge in [0.1, 0.15) is 6.61 Å². The van der Waals surface area contributed by atoms with Gasteiger partial charge in [-0.15, -0.1) is 0 Å². The van der Waals surface area contributed by atoms with Crippen LogP contribution < -0.4 is 0 Å². The van der Waals surface area contributed by atoms with Gasteiger partial charge in [0.25, 0.3) is 0 Å². The predicted octanol–water partition coefficient (Wildman–Crippen LogP) is 1.96. The molecule has 0 bridgehead atoms. The van der Waals surface area contributed by atoms with Gasteiger partial charge < -0.3 is 13.8 Å². The molecule has 1 heterocycles. The number of ether oxygens (including phenoxy) is 1. The first-order valence-electron chi connectivity index (χ1n) is 4.62. The van der Waals surface area contributed by atoms with E-state index in [1.165, 1.54) is 18.8 Å². The van der Waals surface area contributed by atoms with Crippen LogP contribution in [0.3, 0.4) is 0 Å². The summed E-state index contributed by atoms with van der Waals surface area (Å²) in [5.74, 6) is 0. The fourth-order valence-electron chi connectivity index (χ4n) is 1.03. The number of rotatable bonds is 5. The van der Waals surface area contributed by atoms with E-state index < -0.39 is 13.7 Å². The zero-order valence-electron chi connectivity index (χ0n) is 9.16. The monoisotopic (exact) mass is 247 g/mol. The Morgan fingerprint density at radius 1 is 1.25 bits per heavy atom. The molecular weight excluding hydrogens is 233 g/mol. The largest absolute Gasteiger partial charge is 0.448 e. The van der Waals surface area contributed by atoms with Crippen LogP contribution in [0.2, 0.25) is 0 Å². The molecule has 0 spiro atoms. The van der Waals surface area contributed by atoms with Crippen molar-refractivity contribution in [3.05, 3.63) is 24.5 Å². The molecule has 0 saturated carbocycles. The summed E-state index contributed by atoms with van der Waals surface area (Å²) in [5, 5.41) is 0. The third-order valence-corrected chi connectivity index (χ3v) is 3.81. The molecular formula is C9H14NO5P. The summed E-state index contributed by atoms with van der Waals surface area (Å²) in [7, 11) is -0.521. The Balaban J connectivity index is 2.36. The van der Waals surface area contributed by atoms with Crippen molar-refractivity contribution in [3.63, 3.8) is 0 Å². The van der Waals surface area contributed by atoms with Crippen LogP contribution in [0, 0.1) is 0 Å². The molecule has 0 N–H and O–H groups in total. The van der Waals surface area contributed by atoms with Crippen molar-refractivity contribution in [3.8, 4) is 0 Å². The summed E-state index contributed by atoms with van der Waals surface area (Å²) in [4.78, 5) is 11.3. The Morgan fingerprint density at radius 3 is 2.31 bits per heavy atom. The summed E-state index contributed by atoms with van der Waals surface area (Å²) in [6, 6.07) is 3.41. The van der Waals surface area contributed by atoms with Crippen molar-refractivity contribution >= 4 is 13.7 Å². The Morgan fingerprint density at radius 2 is 1.81 bits per heavy atom. The quantitative estimate of drug-likeness (QED) is 0.744. The Kier molecular flexibility index (Phi) is 4.73. The second-order valence-corrected chi connectivity index (χ2v) is 5.30. The Labute approximate surface area is 93.6 Å². The summed E-state index contributed by atoms with van der Waals surface area (Å²) < 4.78 is 27.1. The maximum atomic E-state index is 11.6. The fraction of sp³-hybridized carbons (Fsp3) is 0.444. The third kappa shape index (κ3) is 3.48. The highest BCUT2D eigenvalue weighted by Crippen LogP contribution is 2.45. The summed E-state index contributed by atoms with van der Waals surface area (Å²) in [5.41, 5.74) is 0. The second-order valence-electron chi connectivity index (χ2n) is 2.90. The number of carbonyl (C=O) groups excluding carboxylic acids is 1. The highest BCUT2D eigenvalue weighted by atomic mass is 31.2. The lowest BCUT2D eigenvalue weighted by molar-refractivity contribution is 0.152. The summed E-state index contributed by atoms with van der Waals surface area (Å²) in [6.07, 6.45) is 2.64. The lowest BCUT2D eigenvalue weighted by atomic mass is 10.7. The van der Waals surface area contributed by atoms with Gasteiger partial charge in [0.05, 0.1) is 6.16 Å². The second kappa shape index (κ2) is 5.84. The van der Waals surface area contributed by atoms with E-state index in [0.29, 0.717) is 0 Å². The number of carbonyl (C=O) groups is 1. The van der Waals surface area contributed by atoms with Gasteiger partial charge in [0.15, 0.2) is 0 Å². The maximum absolute atomic E-state index is 11.6. The average molecular weight is 247 g/mol. The van der Waals surface area contributed by atoms with Crippen molar-refractivity contribution in [1.29, 1.82) is 0 Å². The van der Waals surface area contributed by atoms with Crippen molar-refractivity contribution in [1.82, 2.24) is 4.57 Å². The molecule has 0 fully saturated rings. The van der Waals surface area contributed by atoms with Crippen LogP contribution in [0.15, 0.2) is 24.5 Å². The van der Waals surface area contributed by atoms with Crippen molar-refractivity contribution < 1.29 is 23.1 Å². The van der Waals surface area contributed by atoms with Crippen LogP contribution in [0.25, 0.3) is 0 Å². The molecule has 0 unspecified atom stereocenters. The molecule has 0 radical (unpaired) electrons. The highest BCUT2D eigenvalue weighted by molar-refractivity contribution is 7.53. The molecule has 1 aromatic heterocycles. The molecule has 0 atom stereocenters. The van der Waals surface area contributed by atoms with E-state index in [-0.39, 0.29) is 12.8 Å². The van der Waals surface area contributed by atoms with Gasteiger partial charge in [-0.1, -0.05) is 0 Å². The Bertz CT molecular complexity index is 367. The SMILES string of the molecule is COP(=O)(CCOC(=O)n1cccc1)OC. The normalized spacial score (nSPS) is 11.4. The van der Waals surface area contributed by atoms with Gasteiger partial charge in [-0.3, -0.25) is 9.13 Å². The fourth-order valence-corrected chi connectivity index (χ4v) is 1.86. The van der Waals surface area contributed by atoms with Crippen LogP contribution in [0.5, 0.6) is 0 Å².